The van der Waals surface area contributed by atoms with Gasteiger partial charge in [-0.2, -0.15) is 0 Å². The van der Waals surface area contributed by atoms with Gasteiger partial charge in [0.15, 0.2) is 0 Å². The SMILES string of the molecule is CCCCCCCCCCNCC1CCCOC1. The van der Waals surface area contributed by atoms with Crippen LogP contribution in [0.1, 0.15) is 71.1 Å². The van der Waals surface area contributed by atoms with Crippen LogP contribution in [0, 0.1) is 5.92 Å². The molecule has 0 aromatic heterocycles. The maximum Gasteiger partial charge on any atom is 0.0506 e. The Kier molecular flexibility index (Phi) is 10.6. The fourth-order valence-electron chi connectivity index (χ4n) is 2.66. The van der Waals surface area contributed by atoms with Crippen LogP contribution in [0.4, 0.5) is 0 Å². The lowest BCUT2D eigenvalue weighted by Gasteiger charge is -2.22. The molecule has 2 nitrogen and oxygen atoms in total. The van der Waals surface area contributed by atoms with Crippen LogP contribution in [0.3, 0.4) is 0 Å². The minimum atomic E-state index is 0.771. The molecule has 1 aliphatic heterocycles. The monoisotopic (exact) mass is 255 g/mol. The molecule has 0 aliphatic carbocycles. The van der Waals surface area contributed by atoms with Gasteiger partial charge < -0.3 is 10.1 Å². The van der Waals surface area contributed by atoms with Crippen molar-refractivity contribution in [2.24, 2.45) is 5.92 Å². The lowest BCUT2D eigenvalue weighted by atomic mass is 10.0. The predicted molar refractivity (Wildman–Crippen MR) is 79.0 cm³/mol. The predicted octanol–water partition coefficient (Wildman–Crippen LogP) is 4.14. The van der Waals surface area contributed by atoms with Crippen molar-refractivity contribution in [1.82, 2.24) is 5.32 Å². The first-order chi connectivity index (χ1) is 8.93. The average Bonchev–Trinajstić information content (AvgIpc) is 2.42. The van der Waals surface area contributed by atoms with E-state index in [-0.39, 0.29) is 0 Å². The second-order valence-electron chi connectivity index (χ2n) is 5.76. The normalized spacial score (nSPS) is 20.2. The molecule has 0 bridgehead atoms. The molecule has 1 heterocycles. The van der Waals surface area contributed by atoms with Crippen molar-refractivity contribution >= 4 is 0 Å². The van der Waals surface area contributed by atoms with E-state index >= 15 is 0 Å². The van der Waals surface area contributed by atoms with Gasteiger partial charge in [-0.1, -0.05) is 51.9 Å². The van der Waals surface area contributed by atoms with Crippen LogP contribution in [-0.2, 0) is 4.74 Å². The Bertz CT molecular complexity index is 166. The van der Waals surface area contributed by atoms with E-state index in [2.05, 4.69) is 12.2 Å². The topological polar surface area (TPSA) is 21.3 Å². The molecule has 1 N–H and O–H groups in total. The minimum absolute atomic E-state index is 0.771. The van der Waals surface area contributed by atoms with Crippen molar-refractivity contribution in [2.45, 2.75) is 71.1 Å². The lowest BCUT2D eigenvalue weighted by Crippen LogP contribution is -2.29. The van der Waals surface area contributed by atoms with Crippen LogP contribution < -0.4 is 5.32 Å². The summed E-state index contributed by atoms with van der Waals surface area (Å²) in [5.41, 5.74) is 0. The van der Waals surface area contributed by atoms with Gasteiger partial charge in [-0.15, -0.1) is 0 Å². The van der Waals surface area contributed by atoms with E-state index in [0.29, 0.717) is 0 Å². The van der Waals surface area contributed by atoms with Gasteiger partial charge in [-0.3, -0.25) is 0 Å². The third kappa shape index (κ3) is 8.93. The van der Waals surface area contributed by atoms with Crippen molar-refractivity contribution in [1.29, 1.82) is 0 Å². The van der Waals surface area contributed by atoms with Crippen LogP contribution in [0.25, 0.3) is 0 Å². The quantitative estimate of drug-likeness (QED) is 0.560. The molecule has 0 aromatic rings. The highest BCUT2D eigenvalue weighted by molar-refractivity contribution is 4.65. The Morgan fingerprint density at radius 2 is 1.72 bits per heavy atom. The van der Waals surface area contributed by atoms with Crippen molar-refractivity contribution in [3.05, 3.63) is 0 Å². The van der Waals surface area contributed by atoms with Crippen LogP contribution in [-0.4, -0.2) is 26.3 Å². The first-order valence-electron chi connectivity index (χ1n) is 8.22. The first-order valence-corrected chi connectivity index (χ1v) is 8.22. The minimum Gasteiger partial charge on any atom is -0.381 e. The summed E-state index contributed by atoms with van der Waals surface area (Å²) >= 11 is 0. The Morgan fingerprint density at radius 1 is 1.00 bits per heavy atom. The van der Waals surface area contributed by atoms with Gasteiger partial charge in [0, 0.05) is 13.2 Å². The highest BCUT2D eigenvalue weighted by atomic mass is 16.5. The van der Waals surface area contributed by atoms with E-state index in [9.17, 15) is 0 Å². The molecule has 1 fully saturated rings. The molecule has 2 heteroatoms. The molecule has 0 spiro atoms. The maximum atomic E-state index is 5.48. The molecule has 1 rings (SSSR count). The molecule has 0 aromatic carbocycles. The van der Waals surface area contributed by atoms with Gasteiger partial charge >= 0.3 is 0 Å². The number of ether oxygens (including phenoxy) is 1. The molecule has 0 radical (unpaired) electrons. The summed E-state index contributed by atoms with van der Waals surface area (Å²) < 4.78 is 5.48. The second-order valence-corrected chi connectivity index (χ2v) is 5.76. The summed E-state index contributed by atoms with van der Waals surface area (Å²) in [6.07, 6.45) is 13.9. The molecule has 1 aliphatic rings. The zero-order valence-electron chi connectivity index (χ0n) is 12.4. The smallest absolute Gasteiger partial charge is 0.0506 e. The largest absolute Gasteiger partial charge is 0.381 e. The van der Waals surface area contributed by atoms with Crippen LogP contribution in [0.2, 0.25) is 0 Å². The van der Waals surface area contributed by atoms with Crippen LogP contribution in [0.5, 0.6) is 0 Å². The highest BCUT2D eigenvalue weighted by Gasteiger charge is 2.12. The third-order valence-electron chi connectivity index (χ3n) is 3.89. The maximum absolute atomic E-state index is 5.48. The second kappa shape index (κ2) is 12.0. The summed E-state index contributed by atoms with van der Waals surface area (Å²) in [7, 11) is 0. The van der Waals surface area contributed by atoms with Crippen molar-refractivity contribution in [2.75, 3.05) is 26.3 Å². The van der Waals surface area contributed by atoms with Gasteiger partial charge in [0.25, 0.3) is 0 Å². The Hall–Kier alpha value is -0.0800. The molecule has 1 saturated heterocycles. The van der Waals surface area contributed by atoms with E-state index in [1.807, 2.05) is 0 Å². The molecule has 0 amide bonds. The summed E-state index contributed by atoms with van der Waals surface area (Å²) in [6.45, 7) is 6.60. The number of nitrogens with one attached hydrogen (secondary N) is 1. The number of unbranched alkanes of at least 4 members (excludes halogenated alkanes) is 7. The standard InChI is InChI=1S/C16H33NO/c1-2-3-4-5-6-7-8-9-12-17-14-16-11-10-13-18-15-16/h16-17H,2-15H2,1H3. The number of hydrogen-bond donors (Lipinski definition) is 1. The molecular weight excluding hydrogens is 222 g/mol. The average molecular weight is 255 g/mol. The van der Waals surface area contributed by atoms with Gasteiger partial charge in [0.05, 0.1) is 6.61 Å². The molecule has 1 atom stereocenters. The van der Waals surface area contributed by atoms with E-state index in [1.165, 1.54) is 70.8 Å². The van der Waals surface area contributed by atoms with Gasteiger partial charge in [-0.25, -0.2) is 0 Å². The van der Waals surface area contributed by atoms with Gasteiger partial charge in [0.2, 0.25) is 0 Å². The molecule has 18 heavy (non-hydrogen) atoms. The summed E-state index contributed by atoms with van der Waals surface area (Å²) in [5, 5.41) is 3.59. The fourth-order valence-corrected chi connectivity index (χ4v) is 2.66. The molecule has 108 valence electrons. The van der Waals surface area contributed by atoms with Crippen LogP contribution in [0.15, 0.2) is 0 Å². The van der Waals surface area contributed by atoms with E-state index in [4.69, 9.17) is 4.74 Å². The van der Waals surface area contributed by atoms with Gasteiger partial charge in [0.1, 0.15) is 0 Å². The fraction of sp³-hybridized carbons (Fsp3) is 1.00. The van der Waals surface area contributed by atoms with E-state index in [1.54, 1.807) is 0 Å². The van der Waals surface area contributed by atoms with Crippen molar-refractivity contribution in [3.8, 4) is 0 Å². The summed E-state index contributed by atoms with van der Waals surface area (Å²) in [5.74, 6) is 0.771. The van der Waals surface area contributed by atoms with Gasteiger partial charge in [-0.05, 0) is 31.7 Å². The number of rotatable bonds is 11. The van der Waals surface area contributed by atoms with E-state index < -0.39 is 0 Å². The van der Waals surface area contributed by atoms with Crippen LogP contribution >= 0.6 is 0 Å². The Balaban J connectivity index is 1.73. The third-order valence-corrected chi connectivity index (χ3v) is 3.89. The van der Waals surface area contributed by atoms with Crippen molar-refractivity contribution < 1.29 is 4.74 Å². The number of hydrogen-bond acceptors (Lipinski definition) is 2. The van der Waals surface area contributed by atoms with Crippen molar-refractivity contribution in [3.63, 3.8) is 0 Å². The lowest BCUT2D eigenvalue weighted by molar-refractivity contribution is 0.0549. The first kappa shape index (κ1) is 16.0. The highest BCUT2D eigenvalue weighted by Crippen LogP contribution is 2.12. The summed E-state index contributed by atoms with van der Waals surface area (Å²) in [4.78, 5) is 0. The zero-order valence-corrected chi connectivity index (χ0v) is 12.4. The Labute approximate surface area is 114 Å². The summed E-state index contributed by atoms with van der Waals surface area (Å²) in [6, 6.07) is 0. The van der Waals surface area contributed by atoms with E-state index in [0.717, 1.165) is 25.7 Å². The zero-order chi connectivity index (χ0) is 12.9. The Morgan fingerprint density at radius 3 is 2.39 bits per heavy atom. The molecular formula is C16H33NO. The molecule has 1 unspecified atom stereocenters. The molecule has 0 saturated carbocycles.